The van der Waals surface area contributed by atoms with Crippen molar-refractivity contribution in [2.24, 2.45) is 5.73 Å². The van der Waals surface area contributed by atoms with Crippen LogP contribution < -0.4 is 19.9 Å². The van der Waals surface area contributed by atoms with Gasteiger partial charge >= 0.3 is 0 Å². The molecule has 7 heteroatoms. The first-order valence-electron chi connectivity index (χ1n) is 7.19. The molecule has 0 bridgehead atoms. The second kappa shape index (κ2) is 7.11. The van der Waals surface area contributed by atoms with Crippen molar-refractivity contribution in [2.45, 2.75) is 37.1 Å². The summed E-state index contributed by atoms with van der Waals surface area (Å²) in [6.45, 7) is 3.36. The van der Waals surface area contributed by atoms with Crippen LogP contribution in [0.4, 0.5) is 0 Å². The van der Waals surface area contributed by atoms with Gasteiger partial charge in [-0.25, -0.2) is 13.1 Å². The average molecular weight is 314 g/mol. The van der Waals surface area contributed by atoms with Crippen LogP contribution in [-0.4, -0.2) is 34.2 Å². The van der Waals surface area contributed by atoms with Crippen molar-refractivity contribution in [1.82, 2.24) is 4.72 Å². The van der Waals surface area contributed by atoms with Crippen LogP contribution in [0, 0.1) is 0 Å². The lowest BCUT2D eigenvalue weighted by atomic mass is 10.2. The Morgan fingerprint density at radius 3 is 2.67 bits per heavy atom. The maximum absolute atomic E-state index is 12.4. The Morgan fingerprint density at radius 2 is 2.00 bits per heavy atom. The minimum atomic E-state index is -3.60. The largest absolute Gasteiger partial charge is 0.490 e. The molecule has 2 rings (SSSR count). The van der Waals surface area contributed by atoms with E-state index in [0.717, 1.165) is 12.8 Å². The van der Waals surface area contributed by atoms with Crippen LogP contribution in [0.15, 0.2) is 23.1 Å². The Balaban J connectivity index is 2.22. The van der Waals surface area contributed by atoms with Crippen molar-refractivity contribution in [3.63, 3.8) is 0 Å². The van der Waals surface area contributed by atoms with Gasteiger partial charge in [-0.3, -0.25) is 0 Å². The lowest BCUT2D eigenvalue weighted by Gasteiger charge is -2.17. The van der Waals surface area contributed by atoms with Gasteiger partial charge in [-0.05, 0) is 18.6 Å². The van der Waals surface area contributed by atoms with E-state index < -0.39 is 10.0 Å². The third-order valence-corrected chi connectivity index (χ3v) is 4.79. The standard InChI is InChI=1S/C14H22N2O4S/c1-2-4-11(10-15)16-21(17,18)12-5-6-13-14(9-12)20-8-3-7-19-13/h5-6,9,11,16H,2-4,7-8,10,15H2,1H3. The molecule has 0 aromatic heterocycles. The number of benzene rings is 1. The van der Waals surface area contributed by atoms with Gasteiger partial charge in [0.15, 0.2) is 11.5 Å². The predicted molar refractivity (Wildman–Crippen MR) is 80.1 cm³/mol. The van der Waals surface area contributed by atoms with Gasteiger partial charge in [0.25, 0.3) is 0 Å². The molecule has 1 aromatic rings. The zero-order chi connectivity index (χ0) is 15.3. The first-order valence-corrected chi connectivity index (χ1v) is 8.67. The van der Waals surface area contributed by atoms with Gasteiger partial charge in [0, 0.05) is 25.1 Å². The SMILES string of the molecule is CCCC(CN)NS(=O)(=O)c1ccc2c(c1)OCCCO2. The van der Waals surface area contributed by atoms with Crippen molar-refractivity contribution in [3.05, 3.63) is 18.2 Å². The first-order chi connectivity index (χ1) is 10.1. The van der Waals surface area contributed by atoms with E-state index in [4.69, 9.17) is 15.2 Å². The summed E-state index contributed by atoms with van der Waals surface area (Å²) < 4.78 is 38.4. The maximum Gasteiger partial charge on any atom is 0.241 e. The molecule has 1 unspecified atom stereocenters. The highest BCUT2D eigenvalue weighted by molar-refractivity contribution is 7.89. The van der Waals surface area contributed by atoms with E-state index in [-0.39, 0.29) is 17.5 Å². The first kappa shape index (κ1) is 16.1. The lowest BCUT2D eigenvalue weighted by molar-refractivity contribution is 0.297. The molecule has 0 saturated carbocycles. The minimum Gasteiger partial charge on any atom is -0.490 e. The molecule has 21 heavy (non-hydrogen) atoms. The molecule has 1 heterocycles. The molecule has 118 valence electrons. The van der Waals surface area contributed by atoms with Crippen LogP contribution in [0.5, 0.6) is 11.5 Å². The molecule has 0 aliphatic carbocycles. The number of ether oxygens (including phenoxy) is 2. The Labute approximate surface area is 125 Å². The van der Waals surface area contributed by atoms with E-state index in [9.17, 15) is 8.42 Å². The smallest absolute Gasteiger partial charge is 0.241 e. The second-order valence-corrected chi connectivity index (χ2v) is 6.72. The monoisotopic (exact) mass is 314 g/mol. The summed E-state index contributed by atoms with van der Waals surface area (Å²) in [4.78, 5) is 0.168. The summed E-state index contributed by atoms with van der Waals surface area (Å²) in [5.41, 5.74) is 5.60. The van der Waals surface area contributed by atoms with E-state index in [1.807, 2.05) is 6.92 Å². The molecule has 1 aliphatic rings. The van der Waals surface area contributed by atoms with E-state index in [1.165, 1.54) is 12.1 Å². The molecule has 0 radical (unpaired) electrons. The minimum absolute atomic E-state index is 0.168. The predicted octanol–water partition coefficient (Wildman–Crippen LogP) is 1.25. The van der Waals surface area contributed by atoms with Crippen LogP contribution in [0.25, 0.3) is 0 Å². The molecule has 0 fully saturated rings. The van der Waals surface area contributed by atoms with Crippen LogP contribution in [0.2, 0.25) is 0 Å². The number of sulfonamides is 1. The van der Waals surface area contributed by atoms with Gasteiger partial charge in [0.2, 0.25) is 10.0 Å². The van der Waals surface area contributed by atoms with Crippen molar-refractivity contribution < 1.29 is 17.9 Å². The van der Waals surface area contributed by atoms with Gasteiger partial charge < -0.3 is 15.2 Å². The van der Waals surface area contributed by atoms with Crippen LogP contribution in [-0.2, 0) is 10.0 Å². The summed E-state index contributed by atoms with van der Waals surface area (Å²) in [7, 11) is -3.60. The van der Waals surface area contributed by atoms with E-state index in [2.05, 4.69) is 4.72 Å². The molecule has 0 spiro atoms. The highest BCUT2D eigenvalue weighted by atomic mass is 32.2. The van der Waals surface area contributed by atoms with Gasteiger partial charge in [0.1, 0.15) is 0 Å². The highest BCUT2D eigenvalue weighted by Gasteiger charge is 2.21. The highest BCUT2D eigenvalue weighted by Crippen LogP contribution is 2.31. The summed E-state index contributed by atoms with van der Waals surface area (Å²) in [5, 5.41) is 0. The summed E-state index contributed by atoms with van der Waals surface area (Å²) in [6.07, 6.45) is 2.35. The molecular formula is C14H22N2O4S. The van der Waals surface area contributed by atoms with Crippen molar-refractivity contribution in [3.8, 4) is 11.5 Å². The van der Waals surface area contributed by atoms with Gasteiger partial charge in [-0.15, -0.1) is 0 Å². The number of hydrogen-bond acceptors (Lipinski definition) is 5. The quantitative estimate of drug-likeness (QED) is 0.825. The molecular weight excluding hydrogens is 292 g/mol. The third-order valence-electron chi connectivity index (χ3n) is 3.27. The molecule has 1 atom stereocenters. The van der Waals surface area contributed by atoms with Gasteiger partial charge in [-0.1, -0.05) is 13.3 Å². The van der Waals surface area contributed by atoms with Gasteiger partial charge in [0.05, 0.1) is 18.1 Å². The van der Waals surface area contributed by atoms with E-state index in [1.54, 1.807) is 6.07 Å². The van der Waals surface area contributed by atoms with Crippen molar-refractivity contribution in [1.29, 1.82) is 0 Å². The fourth-order valence-electron chi connectivity index (χ4n) is 2.17. The second-order valence-electron chi connectivity index (χ2n) is 5.00. The molecule has 0 saturated heterocycles. The Bertz CT molecular complexity index is 574. The molecule has 6 nitrogen and oxygen atoms in total. The van der Waals surface area contributed by atoms with E-state index in [0.29, 0.717) is 31.1 Å². The maximum atomic E-state index is 12.4. The average Bonchev–Trinajstić information content (AvgIpc) is 2.71. The lowest BCUT2D eigenvalue weighted by Crippen LogP contribution is -2.39. The molecule has 1 aromatic carbocycles. The molecule has 3 N–H and O–H groups in total. The Morgan fingerprint density at radius 1 is 1.29 bits per heavy atom. The fraction of sp³-hybridized carbons (Fsp3) is 0.571. The van der Waals surface area contributed by atoms with Crippen LogP contribution in [0.3, 0.4) is 0 Å². The van der Waals surface area contributed by atoms with E-state index >= 15 is 0 Å². The fourth-order valence-corrected chi connectivity index (χ4v) is 3.47. The topological polar surface area (TPSA) is 90.7 Å². The summed E-state index contributed by atoms with van der Waals surface area (Å²) in [6, 6.07) is 4.40. The van der Waals surface area contributed by atoms with Crippen LogP contribution >= 0.6 is 0 Å². The molecule has 0 amide bonds. The summed E-state index contributed by atoms with van der Waals surface area (Å²) >= 11 is 0. The molecule has 1 aliphatic heterocycles. The Kier molecular flexibility index (Phi) is 5.44. The van der Waals surface area contributed by atoms with Crippen molar-refractivity contribution in [2.75, 3.05) is 19.8 Å². The normalized spacial score (nSPS) is 16.3. The number of hydrogen-bond donors (Lipinski definition) is 2. The Hall–Kier alpha value is -1.31. The number of fused-ring (bicyclic) bond motifs is 1. The summed E-state index contributed by atoms with van der Waals surface area (Å²) in [5.74, 6) is 1.05. The third kappa shape index (κ3) is 4.09. The zero-order valence-electron chi connectivity index (χ0n) is 12.2. The van der Waals surface area contributed by atoms with Crippen molar-refractivity contribution >= 4 is 10.0 Å². The number of nitrogens with two attached hydrogens (primary N) is 1. The number of rotatable bonds is 6. The number of nitrogens with one attached hydrogen (secondary N) is 1. The zero-order valence-corrected chi connectivity index (χ0v) is 13.0. The van der Waals surface area contributed by atoms with Gasteiger partial charge in [-0.2, -0.15) is 0 Å². The van der Waals surface area contributed by atoms with Crippen LogP contribution in [0.1, 0.15) is 26.2 Å².